The fourth-order valence-corrected chi connectivity index (χ4v) is 0.732. The molecule has 1 radical (unpaired) electrons. The third-order valence-corrected chi connectivity index (χ3v) is 1.30. The van der Waals surface area contributed by atoms with E-state index in [9.17, 15) is 0 Å². The van der Waals surface area contributed by atoms with Crippen LogP contribution in [0.3, 0.4) is 0 Å². The van der Waals surface area contributed by atoms with Crippen molar-refractivity contribution in [1.82, 2.24) is 0 Å². The van der Waals surface area contributed by atoms with Crippen LogP contribution in [0.2, 0.25) is 0 Å². The van der Waals surface area contributed by atoms with Crippen molar-refractivity contribution in [3.8, 4) is 0 Å². The highest BCUT2D eigenvalue weighted by Gasteiger charge is 2.08. The van der Waals surface area contributed by atoms with Gasteiger partial charge in [0.05, 0.1) is 0 Å². The van der Waals surface area contributed by atoms with Crippen LogP contribution in [0.25, 0.3) is 0 Å². The zero-order valence-electron chi connectivity index (χ0n) is 8.57. The molecule has 0 bridgehead atoms. The van der Waals surface area contributed by atoms with Crippen LogP contribution in [0.5, 0.6) is 0 Å². The SMILES string of the molecule is [CH2]C(C)(C)C=CCC(C)(C)C. The summed E-state index contributed by atoms with van der Waals surface area (Å²) in [7, 11) is 0. The molecule has 0 saturated carbocycles. The van der Waals surface area contributed by atoms with Crippen molar-refractivity contribution in [2.45, 2.75) is 41.0 Å². The van der Waals surface area contributed by atoms with Gasteiger partial charge in [-0.1, -0.05) is 46.8 Å². The van der Waals surface area contributed by atoms with Crippen LogP contribution in [0.15, 0.2) is 12.2 Å². The van der Waals surface area contributed by atoms with Crippen LogP contribution in [0.1, 0.15) is 41.0 Å². The minimum absolute atomic E-state index is 0.0885. The number of hydrogen-bond acceptors (Lipinski definition) is 0. The van der Waals surface area contributed by atoms with Gasteiger partial charge in [0.15, 0.2) is 0 Å². The van der Waals surface area contributed by atoms with E-state index in [0.29, 0.717) is 5.41 Å². The van der Waals surface area contributed by atoms with Gasteiger partial charge in [0, 0.05) is 0 Å². The van der Waals surface area contributed by atoms with E-state index in [0.717, 1.165) is 6.42 Å². The van der Waals surface area contributed by atoms with Crippen molar-refractivity contribution in [3.63, 3.8) is 0 Å². The zero-order chi connectivity index (χ0) is 9.12. The Balaban J connectivity index is 3.80. The largest absolute Gasteiger partial charge is 0.0875 e. The molecule has 0 aromatic rings. The highest BCUT2D eigenvalue weighted by Crippen LogP contribution is 2.21. The van der Waals surface area contributed by atoms with Crippen molar-refractivity contribution in [2.75, 3.05) is 0 Å². The third kappa shape index (κ3) is 9.74. The van der Waals surface area contributed by atoms with Crippen LogP contribution in [-0.2, 0) is 0 Å². The van der Waals surface area contributed by atoms with Gasteiger partial charge in [0.25, 0.3) is 0 Å². The normalized spacial score (nSPS) is 14.4. The molecule has 0 N–H and O–H groups in total. The van der Waals surface area contributed by atoms with Gasteiger partial charge in [-0.05, 0) is 24.2 Å². The van der Waals surface area contributed by atoms with E-state index in [-0.39, 0.29) is 5.41 Å². The molecule has 65 valence electrons. The van der Waals surface area contributed by atoms with Gasteiger partial charge in [0.2, 0.25) is 0 Å². The van der Waals surface area contributed by atoms with Crippen molar-refractivity contribution < 1.29 is 0 Å². The Labute approximate surface area is 71.7 Å². The Hall–Kier alpha value is -0.260. The first-order valence-electron chi connectivity index (χ1n) is 4.24. The molecule has 0 amide bonds. The topological polar surface area (TPSA) is 0 Å². The minimum atomic E-state index is 0.0885. The molecule has 0 aliphatic heterocycles. The molecule has 0 aliphatic rings. The summed E-state index contributed by atoms with van der Waals surface area (Å²) in [5.74, 6) is 0. The number of allylic oxidation sites excluding steroid dienone is 2. The van der Waals surface area contributed by atoms with E-state index in [1.54, 1.807) is 0 Å². The highest BCUT2D eigenvalue weighted by atomic mass is 14.1. The molecule has 0 heterocycles. The second-order valence-corrected chi connectivity index (χ2v) is 5.16. The summed E-state index contributed by atoms with van der Waals surface area (Å²) in [6.45, 7) is 15.0. The quantitative estimate of drug-likeness (QED) is 0.529. The van der Waals surface area contributed by atoms with Crippen molar-refractivity contribution >= 4 is 0 Å². The van der Waals surface area contributed by atoms with Crippen molar-refractivity contribution in [1.29, 1.82) is 0 Å². The van der Waals surface area contributed by atoms with E-state index in [1.807, 2.05) is 0 Å². The molecule has 0 fully saturated rings. The molecular weight excluding hydrogens is 132 g/mol. The lowest BCUT2D eigenvalue weighted by atomic mass is 9.89. The van der Waals surface area contributed by atoms with Crippen LogP contribution in [-0.4, -0.2) is 0 Å². The Morgan fingerprint density at radius 3 is 1.82 bits per heavy atom. The number of rotatable bonds is 2. The summed E-state index contributed by atoms with van der Waals surface area (Å²) in [5, 5.41) is 0. The van der Waals surface area contributed by atoms with E-state index in [2.05, 4.69) is 53.7 Å². The third-order valence-electron chi connectivity index (χ3n) is 1.30. The Morgan fingerprint density at radius 2 is 1.55 bits per heavy atom. The second-order valence-electron chi connectivity index (χ2n) is 5.16. The molecular formula is C11H21. The fraction of sp³-hybridized carbons (Fsp3) is 0.727. The summed E-state index contributed by atoms with van der Waals surface area (Å²) in [5.41, 5.74) is 0.493. The second kappa shape index (κ2) is 3.42. The first kappa shape index (κ1) is 10.7. The Kier molecular flexibility index (Phi) is 3.34. The smallest absolute Gasteiger partial charge is 0.0175 e. The molecule has 0 aliphatic carbocycles. The Bertz CT molecular complexity index is 127. The Morgan fingerprint density at radius 1 is 1.09 bits per heavy atom. The summed E-state index contributed by atoms with van der Waals surface area (Å²) >= 11 is 0. The van der Waals surface area contributed by atoms with E-state index in [4.69, 9.17) is 0 Å². The molecule has 0 unspecified atom stereocenters. The highest BCUT2D eigenvalue weighted by molar-refractivity contribution is 4.97. The lowest BCUT2D eigenvalue weighted by Crippen LogP contribution is -2.04. The molecule has 0 spiro atoms. The standard InChI is InChI=1S/C11H21/c1-10(2,3)8-7-9-11(4,5)6/h7-8H,1,9H2,2-6H3. The average Bonchev–Trinajstić information content (AvgIpc) is 1.55. The molecule has 0 saturated heterocycles. The summed E-state index contributed by atoms with van der Waals surface area (Å²) in [4.78, 5) is 0. The molecule has 0 heteroatoms. The van der Waals surface area contributed by atoms with E-state index in [1.165, 1.54) is 0 Å². The fourth-order valence-electron chi connectivity index (χ4n) is 0.732. The van der Waals surface area contributed by atoms with Gasteiger partial charge in [-0.3, -0.25) is 0 Å². The molecule has 11 heavy (non-hydrogen) atoms. The minimum Gasteiger partial charge on any atom is -0.0875 e. The predicted molar refractivity (Wildman–Crippen MR) is 52.4 cm³/mol. The van der Waals surface area contributed by atoms with Gasteiger partial charge in [-0.15, -0.1) is 0 Å². The van der Waals surface area contributed by atoms with Crippen molar-refractivity contribution in [3.05, 3.63) is 19.1 Å². The summed E-state index contributed by atoms with van der Waals surface area (Å²) in [6, 6.07) is 0. The number of hydrogen-bond donors (Lipinski definition) is 0. The van der Waals surface area contributed by atoms with Gasteiger partial charge < -0.3 is 0 Å². The first-order chi connectivity index (χ1) is 4.71. The summed E-state index contributed by atoms with van der Waals surface area (Å²) < 4.78 is 0. The zero-order valence-corrected chi connectivity index (χ0v) is 8.57. The van der Waals surface area contributed by atoms with Crippen LogP contribution < -0.4 is 0 Å². The maximum atomic E-state index is 4.00. The predicted octanol–water partition coefficient (Wildman–Crippen LogP) is 3.84. The van der Waals surface area contributed by atoms with Crippen molar-refractivity contribution in [2.24, 2.45) is 10.8 Å². The maximum absolute atomic E-state index is 4.00. The van der Waals surface area contributed by atoms with E-state index < -0.39 is 0 Å². The van der Waals surface area contributed by atoms with Gasteiger partial charge in [-0.2, -0.15) is 0 Å². The lowest BCUT2D eigenvalue weighted by molar-refractivity contribution is 0.418. The van der Waals surface area contributed by atoms with Crippen LogP contribution in [0, 0.1) is 17.8 Å². The molecule has 0 aromatic heterocycles. The lowest BCUT2D eigenvalue weighted by Gasteiger charge is -2.17. The molecule has 0 atom stereocenters. The monoisotopic (exact) mass is 153 g/mol. The van der Waals surface area contributed by atoms with Crippen LogP contribution >= 0.6 is 0 Å². The summed E-state index contributed by atoms with van der Waals surface area (Å²) in [6.07, 6.45) is 5.54. The van der Waals surface area contributed by atoms with Gasteiger partial charge in [-0.25, -0.2) is 0 Å². The average molecular weight is 153 g/mol. The van der Waals surface area contributed by atoms with Gasteiger partial charge in [0.1, 0.15) is 0 Å². The van der Waals surface area contributed by atoms with Crippen LogP contribution in [0.4, 0.5) is 0 Å². The molecule has 0 rings (SSSR count). The van der Waals surface area contributed by atoms with Gasteiger partial charge >= 0.3 is 0 Å². The maximum Gasteiger partial charge on any atom is -0.0175 e. The molecule has 0 nitrogen and oxygen atoms in total. The first-order valence-corrected chi connectivity index (χ1v) is 4.24. The van der Waals surface area contributed by atoms with E-state index >= 15 is 0 Å². The molecule has 0 aromatic carbocycles.